The van der Waals surface area contributed by atoms with E-state index in [0.29, 0.717) is 50.4 Å². The Balaban J connectivity index is 1.35. The molecule has 4 amide bonds. The highest BCUT2D eigenvalue weighted by Gasteiger charge is 2.37. The smallest absolute Gasteiger partial charge is 0.405 e. The summed E-state index contributed by atoms with van der Waals surface area (Å²) in [5.74, 6) is 0.707. The van der Waals surface area contributed by atoms with Gasteiger partial charge in [0.2, 0.25) is 11.8 Å². The molecule has 2 aliphatic rings. The molecule has 2 aromatic heterocycles. The van der Waals surface area contributed by atoms with Crippen molar-refractivity contribution in [2.75, 3.05) is 13.1 Å². The first-order valence-corrected chi connectivity index (χ1v) is 17.1. The van der Waals surface area contributed by atoms with Crippen LogP contribution in [0.4, 0.5) is 9.59 Å². The van der Waals surface area contributed by atoms with E-state index in [1.54, 1.807) is 36.0 Å². The maximum atomic E-state index is 13.4. The minimum Gasteiger partial charge on any atom is -0.465 e. The number of likely N-dealkylation sites (tertiary alicyclic amines) is 2. The van der Waals surface area contributed by atoms with Crippen LogP contribution in [0.3, 0.4) is 0 Å². The van der Waals surface area contributed by atoms with E-state index in [4.69, 9.17) is 9.97 Å². The Morgan fingerprint density at radius 2 is 1.24 bits per heavy atom. The summed E-state index contributed by atoms with van der Waals surface area (Å²) >= 11 is 0. The summed E-state index contributed by atoms with van der Waals surface area (Å²) in [7, 11) is 0. The molecule has 2 aromatic carbocycles. The highest BCUT2D eigenvalue weighted by molar-refractivity contribution is 5.92. The lowest BCUT2D eigenvalue weighted by atomic mass is 9.92. The van der Waals surface area contributed by atoms with Crippen LogP contribution in [0.5, 0.6) is 0 Å². The number of aromatic amines is 2. The third kappa shape index (κ3) is 6.91. The number of benzene rings is 2. The summed E-state index contributed by atoms with van der Waals surface area (Å²) in [6, 6.07) is 13.7. The van der Waals surface area contributed by atoms with Crippen LogP contribution in [0, 0.1) is 0 Å². The molecule has 0 spiro atoms. The molecule has 4 atom stereocenters. The Morgan fingerprint density at radius 3 is 1.76 bits per heavy atom. The number of amides is 4. The van der Waals surface area contributed by atoms with Crippen molar-refractivity contribution in [3.63, 3.8) is 0 Å². The Hall–Kier alpha value is -5.66. The summed E-state index contributed by atoms with van der Waals surface area (Å²) < 4.78 is 0. The van der Waals surface area contributed by atoms with Crippen LogP contribution >= 0.6 is 0 Å². The van der Waals surface area contributed by atoms with Gasteiger partial charge in [-0.15, -0.1) is 0 Å². The average Bonchev–Trinajstić information content (AvgIpc) is 3.95. The molecule has 4 heterocycles. The molecule has 0 aliphatic carbocycles. The number of carbonyl (C=O) groups excluding carboxylic acids is 2. The van der Waals surface area contributed by atoms with Crippen molar-refractivity contribution in [1.29, 1.82) is 0 Å². The van der Waals surface area contributed by atoms with Gasteiger partial charge in [0.15, 0.2) is 0 Å². The molecule has 14 heteroatoms. The first-order valence-electron chi connectivity index (χ1n) is 17.1. The molecule has 14 nitrogen and oxygen atoms in total. The number of nitrogens with zero attached hydrogens (tertiary/aromatic N) is 4. The number of H-pyrrole nitrogens is 2. The maximum absolute atomic E-state index is 13.4. The van der Waals surface area contributed by atoms with Gasteiger partial charge in [-0.25, -0.2) is 19.6 Å². The van der Waals surface area contributed by atoms with E-state index in [-0.39, 0.29) is 23.9 Å². The third-order valence-electron chi connectivity index (χ3n) is 9.61. The summed E-state index contributed by atoms with van der Waals surface area (Å²) in [4.78, 5) is 69.4. The van der Waals surface area contributed by atoms with Gasteiger partial charge in [-0.2, -0.15) is 0 Å². The third-order valence-corrected chi connectivity index (χ3v) is 9.61. The summed E-state index contributed by atoms with van der Waals surface area (Å²) in [5, 5.41) is 23.2. The summed E-state index contributed by atoms with van der Waals surface area (Å²) in [5.41, 5.74) is 5.15. The van der Waals surface area contributed by atoms with Gasteiger partial charge < -0.3 is 40.6 Å². The zero-order chi connectivity index (χ0) is 35.4. The molecule has 0 saturated carbocycles. The van der Waals surface area contributed by atoms with Gasteiger partial charge in [-0.3, -0.25) is 9.59 Å². The van der Waals surface area contributed by atoms with E-state index in [9.17, 15) is 29.4 Å². The van der Waals surface area contributed by atoms with Gasteiger partial charge in [0.25, 0.3) is 0 Å². The van der Waals surface area contributed by atoms with Crippen molar-refractivity contribution in [3.8, 4) is 33.6 Å². The van der Waals surface area contributed by atoms with Gasteiger partial charge in [-0.1, -0.05) is 62.4 Å². The standard InChI is InChI=1S/C36H42N8O6/c1-3-24(41-35(47)48)33(45)43-17-9-15-28(43)31-37-19-26(39-31)23-14-8-13-22(21-11-6-5-7-12-21)30(23)27-20-38-32(40-27)29-16-10-18-44(29)34(46)25(4-2)42-36(49)50/h5-8,11-14,19-20,24-25,28-29,41-42H,3-4,9-10,15-18H2,1-2H3,(H,37,39)(H,38,40)(H,47,48)(H,49,50)/t24-,25-,28+,29+/m1/s1. The molecule has 0 bridgehead atoms. The van der Waals surface area contributed by atoms with Gasteiger partial charge in [0, 0.05) is 24.2 Å². The average molecular weight is 683 g/mol. The van der Waals surface area contributed by atoms with Crippen LogP contribution in [-0.4, -0.2) is 89.1 Å². The fourth-order valence-electron chi connectivity index (χ4n) is 7.21. The molecular formula is C36H42N8O6. The monoisotopic (exact) mass is 682 g/mol. The number of aromatic nitrogens is 4. The molecule has 0 radical (unpaired) electrons. The van der Waals surface area contributed by atoms with Crippen molar-refractivity contribution < 1.29 is 29.4 Å². The quantitative estimate of drug-likeness (QED) is 0.118. The van der Waals surface area contributed by atoms with Gasteiger partial charge in [-0.05, 0) is 49.7 Å². The molecule has 2 fully saturated rings. The molecule has 262 valence electrons. The van der Waals surface area contributed by atoms with E-state index in [1.807, 2.05) is 48.5 Å². The lowest BCUT2D eigenvalue weighted by Gasteiger charge is -2.27. The van der Waals surface area contributed by atoms with Crippen LogP contribution in [0.2, 0.25) is 0 Å². The fraction of sp³-hybridized carbons (Fsp3) is 0.389. The van der Waals surface area contributed by atoms with Crippen LogP contribution in [0.1, 0.15) is 76.1 Å². The molecule has 4 aromatic rings. The minimum atomic E-state index is -1.24. The van der Waals surface area contributed by atoms with Crippen LogP contribution in [0.15, 0.2) is 60.9 Å². The summed E-state index contributed by atoms with van der Waals surface area (Å²) in [6.45, 7) is 4.57. The van der Waals surface area contributed by atoms with Crippen molar-refractivity contribution in [2.45, 2.75) is 76.5 Å². The van der Waals surface area contributed by atoms with E-state index in [0.717, 1.165) is 46.5 Å². The maximum Gasteiger partial charge on any atom is 0.405 e. The number of imidazole rings is 2. The molecule has 6 N–H and O–H groups in total. The second kappa shape index (κ2) is 14.8. The number of rotatable bonds is 11. The molecular weight excluding hydrogens is 640 g/mol. The topological polar surface area (TPSA) is 197 Å². The van der Waals surface area contributed by atoms with E-state index in [2.05, 4.69) is 20.6 Å². The molecule has 50 heavy (non-hydrogen) atoms. The normalized spacial score (nSPS) is 18.5. The van der Waals surface area contributed by atoms with Crippen LogP contribution in [-0.2, 0) is 9.59 Å². The molecule has 0 unspecified atom stereocenters. The first kappa shape index (κ1) is 34.2. The highest BCUT2D eigenvalue weighted by atomic mass is 16.4. The Labute approximate surface area is 289 Å². The Morgan fingerprint density at radius 1 is 0.740 bits per heavy atom. The lowest BCUT2D eigenvalue weighted by Crippen LogP contribution is -2.47. The first-order chi connectivity index (χ1) is 24.2. The van der Waals surface area contributed by atoms with Crippen molar-refractivity contribution in [1.82, 2.24) is 40.4 Å². The Kier molecular flexibility index (Phi) is 10.2. The SMILES string of the molecule is CC[C@@H](NC(=O)O)C(=O)N1CCC[C@H]1c1ncc(-c2cccc(-c3ccccc3)c2-c2cnc([C@@H]3CCCN3C(=O)[C@@H](CC)NC(=O)O)[nH]2)[nH]1. The lowest BCUT2D eigenvalue weighted by molar-refractivity contribution is -0.135. The molecule has 2 saturated heterocycles. The van der Waals surface area contributed by atoms with Crippen molar-refractivity contribution in [3.05, 3.63) is 72.6 Å². The van der Waals surface area contributed by atoms with Gasteiger partial charge in [0.05, 0.1) is 35.9 Å². The highest BCUT2D eigenvalue weighted by Crippen LogP contribution is 2.41. The second-order valence-electron chi connectivity index (χ2n) is 12.7. The predicted molar refractivity (Wildman–Crippen MR) is 185 cm³/mol. The number of nitrogens with one attached hydrogen (secondary N) is 4. The zero-order valence-electron chi connectivity index (χ0n) is 28.1. The van der Waals surface area contributed by atoms with Crippen LogP contribution in [0.25, 0.3) is 33.6 Å². The van der Waals surface area contributed by atoms with Crippen molar-refractivity contribution in [2.24, 2.45) is 0 Å². The number of carbonyl (C=O) groups is 4. The predicted octanol–water partition coefficient (Wildman–Crippen LogP) is 5.55. The molecule has 2 aliphatic heterocycles. The number of carboxylic acid groups (broad SMARTS) is 2. The number of hydrogen-bond acceptors (Lipinski definition) is 6. The van der Waals surface area contributed by atoms with Gasteiger partial charge in [0.1, 0.15) is 23.7 Å². The van der Waals surface area contributed by atoms with Gasteiger partial charge >= 0.3 is 12.2 Å². The van der Waals surface area contributed by atoms with Crippen LogP contribution < -0.4 is 10.6 Å². The minimum absolute atomic E-state index is 0.268. The van der Waals surface area contributed by atoms with E-state index in [1.165, 1.54) is 0 Å². The van der Waals surface area contributed by atoms with E-state index >= 15 is 0 Å². The van der Waals surface area contributed by atoms with Crippen molar-refractivity contribution >= 4 is 24.0 Å². The van der Waals surface area contributed by atoms with E-state index < -0.39 is 24.3 Å². The second-order valence-corrected chi connectivity index (χ2v) is 12.7. The largest absolute Gasteiger partial charge is 0.465 e. The Bertz CT molecular complexity index is 1860. The summed E-state index contributed by atoms with van der Waals surface area (Å²) in [6.07, 6.45) is 4.65. The molecule has 6 rings (SSSR count). The zero-order valence-corrected chi connectivity index (χ0v) is 28.1. The number of hydrogen-bond donors (Lipinski definition) is 6. The fourth-order valence-corrected chi connectivity index (χ4v) is 7.21.